The van der Waals surface area contributed by atoms with Crippen molar-refractivity contribution in [3.8, 4) is 5.75 Å². The van der Waals surface area contributed by atoms with Gasteiger partial charge in [-0.15, -0.1) is 11.3 Å². The Morgan fingerprint density at radius 1 is 1.00 bits per heavy atom. The fraction of sp³-hybridized carbons (Fsp3) is 0.200. The van der Waals surface area contributed by atoms with Crippen molar-refractivity contribution in [2.24, 2.45) is 0 Å². The third-order valence-electron chi connectivity index (χ3n) is 4.39. The van der Waals surface area contributed by atoms with Crippen LogP contribution in [-0.2, 0) is 19.9 Å². The van der Waals surface area contributed by atoms with Gasteiger partial charge in [-0.1, -0.05) is 42.5 Å². The molecule has 154 valence electrons. The van der Waals surface area contributed by atoms with Crippen molar-refractivity contribution in [1.82, 2.24) is 4.72 Å². The summed E-state index contributed by atoms with van der Waals surface area (Å²) in [6, 6.07) is 16.6. The maximum Gasteiger partial charge on any atom is 0.244 e. The maximum absolute atomic E-state index is 13.2. The molecule has 0 amide bonds. The zero-order valence-electron chi connectivity index (χ0n) is 15.9. The zero-order valence-corrected chi connectivity index (χ0v) is 18.4. The highest BCUT2D eigenvalue weighted by Crippen LogP contribution is 2.32. The van der Waals surface area contributed by atoms with E-state index in [2.05, 4.69) is 4.72 Å². The van der Waals surface area contributed by atoms with Crippen LogP contribution in [0.15, 0.2) is 75.1 Å². The number of methoxy groups -OCH3 is 1. The van der Waals surface area contributed by atoms with Gasteiger partial charge in [0, 0.05) is 6.54 Å². The van der Waals surface area contributed by atoms with Gasteiger partial charge in [-0.3, -0.25) is 0 Å². The number of nitrogens with one attached hydrogen (secondary N) is 1. The van der Waals surface area contributed by atoms with Crippen molar-refractivity contribution < 1.29 is 21.6 Å². The predicted molar refractivity (Wildman–Crippen MR) is 114 cm³/mol. The van der Waals surface area contributed by atoms with Gasteiger partial charge >= 0.3 is 0 Å². The van der Waals surface area contributed by atoms with Crippen LogP contribution in [0.5, 0.6) is 5.75 Å². The molecule has 1 unspecified atom stereocenters. The molecule has 0 aliphatic rings. The van der Waals surface area contributed by atoms with E-state index in [9.17, 15) is 16.8 Å². The molecule has 29 heavy (non-hydrogen) atoms. The largest absolute Gasteiger partial charge is 0.495 e. The van der Waals surface area contributed by atoms with Crippen LogP contribution in [-0.4, -0.2) is 30.5 Å². The quantitative estimate of drug-likeness (QED) is 0.566. The van der Waals surface area contributed by atoms with Crippen molar-refractivity contribution in [2.75, 3.05) is 13.7 Å². The molecule has 0 aliphatic carbocycles. The van der Waals surface area contributed by atoms with Gasteiger partial charge in [-0.25, -0.2) is 21.6 Å². The summed E-state index contributed by atoms with van der Waals surface area (Å²) in [7, 11) is -6.39. The van der Waals surface area contributed by atoms with Crippen LogP contribution < -0.4 is 9.46 Å². The average molecular weight is 452 g/mol. The summed E-state index contributed by atoms with van der Waals surface area (Å²) < 4.78 is 60.0. The van der Waals surface area contributed by atoms with Gasteiger partial charge in [-0.05, 0) is 41.6 Å². The molecule has 3 rings (SSSR count). The van der Waals surface area contributed by atoms with E-state index in [1.54, 1.807) is 60.8 Å². The molecule has 1 heterocycles. The molecule has 0 saturated heterocycles. The van der Waals surface area contributed by atoms with Crippen LogP contribution in [0.1, 0.15) is 16.4 Å². The summed E-state index contributed by atoms with van der Waals surface area (Å²) in [5.74, 6) is 0.195. The number of ether oxygens (including phenoxy) is 1. The van der Waals surface area contributed by atoms with Crippen LogP contribution >= 0.6 is 11.3 Å². The van der Waals surface area contributed by atoms with E-state index < -0.39 is 25.1 Å². The molecule has 0 spiro atoms. The summed E-state index contributed by atoms with van der Waals surface area (Å²) >= 11 is 1.11. The Kier molecular flexibility index (Phi) is 6.42. The number of sulfonamides is 1. The summed E-state index contributed by atoms with van der Waals surface area (Å²) in [6.07, 6.45) is 0. The standard InChI is InChI=1S/C20H21NO5S3/c1-15-10-11-17(26-2)18(13-15)29(24,25)21-14-19(16-7-4-3-5-8-16)28(22,23)20-9-6-12-27-20/h3-13,19,21H,14H2,1-2H3. The molecule has 0 radical (unpaired) electrons. The number of thiophene rings is 1. The SMILES string of the molecule is COc1ccc(C)cc1S(=O)(=O)NCC(c1ccccc1)S(=O)(=O)c1cccs1. The van der Waals surface area contributed by atoms with Gasteiger partial charge in [0.1, 0.15) is 20.1 Å². The molecule has 1 aromatic heterocycles. The second-order valence-electron chi connectivity index (χ2n) is 6.38. The normalized spacial score (nSPS) is 13.2. The highest BCUT2D eigenvalue weighted by atomic mass is 32.2. The summed E-state index contributed by atoms with van der Waals surface area (Å²) in [5, 5.41) is 0.615. The van der Waals surface area contributed by atoms with Crippen molar-refractivity contribution in [2.45, 2.75) is 21.3 Å². The first-order chi connectivity index (χ1) is 13.8. The molecule has 0 saturated carbocycles. The number of hydrogen-bond acceptors (Lipinski definition) is 6. The number of rotatable bonds is 8. The fourth-order valence-electron chi connectivity index (χ4n) is 2.90. The summed E-state index contributed by atoms with van der Waals surface area (Å²) in [6.45, 7) is 1.47. The molecule has 3 aromatic rings. The van der Waals surface area contributed by atoms with Gasteiger partial charge in [0.2, 0.25) is 10.0 Å². The van der Waals surface area contributed by atoms with Gasteiger partial charge in [0.05, 0.1) is 7.11 Å². The van der Waals surface area contributed by atoms with E-state index in [1.807, 2.05) is 0 Å². The first-order valence-electron chi connectivity index (χ1n) is 8.72. The first kappa shape index (κ1) is 21.5. The lowest BCUT2D eigenvalue weighted by Crippen LogP contribution is -2.32. The zero-order chi connectivity index (χ0) is 21.1. The van der Waals surface area contributed by atoms with Crippen molar-refractivity contribution >= 4 is 31.2 Å². The van der Waals surface area contributed by atoms with Crippen molar-refractivity contribution in [3.63, 3.8) is 0 Å². The van der Waals surface area contributed by atoms with E-state index >= 15 is 0 Å². The number of hydrogen-bond donors (Lipinski definition) is 1. The van der Waals surface area contributed by atoms with Crippen LogP contribution in [0.4, 0.5) is 0 Å². The molecule has 1 atom stereocenters. The van der Waals surface area contributed by atoms with E-state index in [4.69, 9.17) is 4.74 Å². The van der Waals surface area contributed by atoms with Gasteiger partial charge in [0.25, 0.3) is 0 Å². The van der Waals surface area contributed by atoms with Crippen molar-refractivity contribution in [1.29, 1.82) is 0 Å². The summed E-state index contributed by atoms with van der Waals surface area (Å²) in [5.41, 5.74) is 1.26. The maximum atomic E-state index is 13.2. The molecule has 0 aliphatic heterocycles. The first-order valence-corrected chi connectivity index (χ1v) is 12.6. The fourth-order valence-corrected chi connectivity index (χ4v) is 7.17. The third kappa shape index (κ3) is 4.69. The van der Waals surface area contributed by atoms with Gasteiger partial charge < -0.3 is 4.74 Å². The lowest BCUT2D eigenvalue weighted by atomic mass is 10.1. The topological polar surface area (TPSA) is 89.5 Å². The van der Waals surface area contributed by atoms with Crippen molar-refractivity contribution in [3.05, 3.63) is 77.2 Å². The smallest absolute Gasteiger partial charge is 0.244 e. The minimum Gasteiger partial charge on any atom is -0.495 e. The Hall–Kier alpha value is -2.20. The average Bonchev–Trinajstić information content (AvgIpc) is 3.24. The molecule has 1 N–H and O–H groups in total. The monoisotopic (exact) mass is 451 g/mol. The molecule has 9 heteroatoms. The highest BCUT2D eigenvalue weighted by Gasteiger charge is 2.32. The lowest BCUT2D eigenvalue weighted by molar-refractivity contribution is 0.402. The highest BCUT2D eigenvalue weighted by molar-refractivity contribution is 7.93. The molecular formula is C20H21NO5S3. The third-order valence-corrected chi connectivity index (χ3v) is 9.37. The Balaban J connectivity index is 1.97. The number of sulfone groups is 1. The Bertz CT molecular complexity index is 1170. The predicted octanol–water partition coefficient (Wildman–Crippen LogP) is 3.56. The molecular weight excluding hydrogens is 430 g/mol. The molecule has 0 bridgehead atoms. The van der Waals surface area contributed by atoms with E-state index in [1.165, 1.54) is 19.2 Å². The van der Waals surface area contributed by atoms with Crippen LogP contribution in [0, 0.1) is 6.92 Å². The molecule has 2 aromatic carbocycles. The lowest BCUT2D eigenvalue weighted by Gasteiger charge is -2.19. The van der Waals surface area contributed by atoms with Crippen LogP contribution in [0.2, 0.25) is 0 Å². The van der Waals surface area contributed by atoms with E-state index in [-0.39, 0.29) is 21.4 Å². The van der Waals surface area contributed by atoms with Gasteiger partial charge in [-0.2, -0.15) is 0 Å². The van der Waals surface area contributed by atoms with Crippen LogP contribution in [0.3, 0.4) is 0 Å². The summed E-state index contributed by atoms with van der Waals surface area (Å²) in [4.78, 5) is -0.0275. The van der Waals surface area contributed by atoms with E-state index in [0.717, 1.165) is 16.9 Å². The number of benzene rings is 2. The second-order valence-corrected chi connectivity index (χ2v) is 11.4. The number of aryl methyl sites for hydroxylation is 1. The van der Waals surface area contributed by atoms with Crippen LogP contribution in [0.25, 0.3) is 0 Å². The minimum absolute atomic E-state index is 0.0275. The van der Waals surface area contributed by atoms with Gasteiger partial charge in [0.15, 0.2) is 9.84 Å². The molecule has 6 nitrogen and oxygen atoms in total. The minimum atomic E-state index is -3.99. The Labute approximate surface area is 175 Å². The Morgan fingerprint density at radius 3 is 2.34 bits per heavy atom. The Morgan fingerprint density at radius 2 is 1.72 bits per heavy atom. The van der Waals surface area contributed by atoms with E-state index in [0.29, 0.717) is 5.56 Å². The molecule has 0 fully saturated rings. The second kappa shape index (κ2) is 8.66.